The van der Waals surface area contributed by atoms with Crippen molar-refractivity contribution in [2.24, 2.45) is 0 Å². The van der Waals surface area contributed by atoms with Gasteiger partial charge in [0, 0.05) is 12.1 Å². The van der Waals surface area contributed by atoms with Crippen molar-refractivity contribution in [1.82, 2.24) is 4.31 Å². The fraction of sp³-hybridized carbons (Fsp3) is 0.692. The number of aryl methyl sites for hydroxylation is 1. The van der Waals surface area contributed by atoms with Gasteiger partial charge in [0.1, 0.15) is 4.90 Å². The minimum atomic E-state index is -3.51. The molecule has 0 bridgehead atoms. The molecule has 0 saturated carbocycles. The molecule has 0 radical (unpaired) electrons. The Bertz CT molecular complexity index is 540. The molecule has 1 saturated heterocycles. The second-order valence-corrected chi connectivity index (χ2v) is 8.04. The Labute approximate surface area is 119 Å². The lowest BCUT2D eigenvalue weighted by atomic mass is 10.0. The Morgan fingerprint density at radius 1 is 1.37 bits per heavy atom. The highest BCUT2D eigenvalue weighted by molar-refractivity contribution is 7.89. The van der Waals surface area contributed by atoms with Gasteiger partial charge in [-0.25, -0.2) is 8.42 Å². The van der Waals surface area contributed by atoms with Crippen molar-refractivity contribution in [2.45, 2.75) is 63.6 Å². The van der Waals surface area contributed by atoms with Crippen LogP contribution in [0.2, 0.25) is 0 Å². The number of sulfonamides is 1. The number of thiophene rings is 1. The number of aliphatic hydroxyl groups excluding tert-OH is 1. The van der Waals surface area contributed by atoms with Crippen molar-refractivity contribution in [3.8, 4) is 0 Å². The largest absolute Gasteiger partial charge is 0.391 e. The van der Waals surface area contributed by atoms with Gasteiger partial charge in [-0.1, -0.05) is 6.42 Å². The fourth-order valence-electron chi connectivity index (χ4n) is 2.92. The first-order valence-electron chi connectivity index (χ1n) is 6.61. The summed E-state index contributed by atoms with van der Waals surface area (Å²) in [5, 5.41) is 11.2. The molecule has 0 unspecified atom stereocenters. The molecule has 1 N–H and O–H groups in total. The summed E-state index contributed by atoms with van der Waals surface area (Å²) >= 11 is 1.31. The van der Waals surface area contributed by atoms with E-state index in [1.807, 2.05) is 13.8 Å². The molecular weight excluding hydrogens is 282 g/mol. The average molecular weight is 303 g/mol. The van der Waals surface area contributed by atoms with Gasteiger partial charge in [-0.3, -0.25) is 0 Å². The summed E-state index contributed by atoms with van der Waals surface area (Å²) in [7, 11) is -3.51. The SMILES string of the molecule is Cc1csc(CO)c1S(=O)(=O)N1[C@H](C)CCC[C@@H]1C. The third kappa shape index (κ3) is 2.59. The van der Waals surface area contributed by atoms with E-state index in [0.29, 0.717) is 9.77 Å². The molecule has 6 heteroatoms. The monoisotopic (exact) mass is 303 g/mol. The molecule has 0 amide bonds. The fourth-order valence-corrected chi connectivity index (χ4v) is 6.42. The Morgan fingerprint density at radius 3 is 2.47 bits per heavy atom. The van der Waals surface area contributed by atoms with Crippen LogP contribution >= 0.6 is 11.3 Å². The zero-order valence-corrected chi connectivity index (χ0v) is 13.2. The van der Waals surface area contributed by atoms with E-state index in [2.05, 4.69) is 0 Å². The van der Waals surface area contributed by atoms with Gasteiger partial charge in [-0.15, -0.1) is 11.3 Å². The number of nitrogens with zero attached hydrogens (tertiary/aromatic N) is 1. The second-order valence-electron chi connectivity index (χ2n) is 5.29. The molecule has 1 aromatic rings. The maximum Gasteiger partial charge on any atom is 0.245 e. The van der Waals surface area contributed by atoms with Gasteiger partial charge in [-0.2, -0.15) is 4.31 Å². The molecule has 1 aromatic heterocycles. The lowest BCUT2D eigenvalue weighted by Crippen LogP contribution is -2.47. The second kappa shape index (κ2) is 5.52. The summed E-state index contributed by atoms with van der Waals surface area (Å²) in [6, 6.07) is 0.0548. The van der Waals surface area contributed by atoms with Gasteiger partial charge in [-0.05, 0) is 44.6 Å². The van der Waals surface area contributed by atoms with Crippen molar-refractivity contribution >= 4 is 21.4 Å². The number of piperidine rings is 1. The minimum absolute atomic E-state index is 0.0274. The van der Waals surface area contributed by atoms with E-state index in [4.69, 9.17) is 0 Å². The van der Waals surface area contributed by atoms with Crippen molar-refractivity contribution < 1.29 is 13.5 Å². The van der Waals surface area contributed by atoms with Crippen LogP contribution in [0, 0.1) is 6.92 Å². The topological polar surface area (TPSA) is 57.6 Å². The van der Waals surface area contributed by atoms with E-state index in [9.17, 15) is 13.5 Å². The minimum Gasteiger partial charge on any atom is -0.391 e. The van der Waals surface area contributed by atoms with Gasteiger partial charge in [0.25, 0.3) is 0 Å². The Kier molecular flexibility index (Phi) is 4.35. The van der Waals surface area contributed by atoms with E-state index in [1.165, 1.54) is 11.3 Å². The maximum atomic E-state index is 12.9. The van der Waals surface area contributed by atoms with Crippen LogP contribution in [0.3, 0.4) is 0 Å². The highest BCUT2D eigenvalue weighted by Crippen LogP contribution is 2.34. The molecule has 19 heavy (non-hydrogen) atoms. The van der Waals surface area contributed by atoms with Gasteiger partial charge >= 0.3 is 0 Å². The zero-order chi connectivity index (χ0) is 14.2. The van der Waals surface area contributed by atoms with Crippen LogP contribution < -0.4 is 0 Å². The quantitative estimate of drug-likeness (QED) is 0.933. The van der Waals surface area contributed by atoms with Crippen molar-refractivity contribution in [2.75, 3.05) is 0 Å². The van der Waals surface area contributed by atoms with Crippen LogP contribution in [-0.4, -0.2) is 29.9 Å². The summed E-state index contributed by atoms with van der Waals surface area (Å²) in [5.41, 5.74) is 0.735. The highest BCUT2D eigenvalue weighted by atomic mass is 32.2. The van der Waals surface area contributed by atoms with E-state index in [0.717, 1.165) is 24.8 Å². The average Bonchev–Trinajstić information content (AvgIpc) is 2.70. The molecule has 2 atom stereocenters. The first-order chi connectivity index (χ1) is 8.89. The third-order valence-corrected chi connectivity index (χ3v) is 7.36. The lowest BCUT2D eigenvalue weighted by molar-refractivity contribution is 0.203. The first-order valence-corrected chi connectivity index (χ1v) is 8.93. The number of aliphatic hydroxyl groups is 1. The number of hydrogen-bond donors (Lipinski definition) is 1. The molecule has 4 nitrogen and oxygen atoms in total. The number of hydrogen-bond acceptors (Lipinski definition) is 4. The number of rotatable bonds is 3. The highest BCUT2D eigenvalue weighted by Gasteiger charge is 2.37. The van der Waals surface area contributed by atoms with Crippen LogP contribution in [0.25, 0.3) is 0 Å². The Balaban J connectivity index is 2.49. The summed E-state index contributed by atoms with van der Waals surface area (Å²) in [5.74, 6) is 0. The van der Waals surface area contributed by atoms with Crippen LogP contribution in [-0.2, 0) is 16.6 Å². The van der Waals surface area contributed by atoms with Crippen LogP contribution in [0.5, 0.6) is 0 Å². The zero-order valence-electron chi connectivity index (χ0n) is 11.6. The van der Waals surface area contributed by atoms with E-state index < -0.39 is 10.0 Å². The third-order valence-electron chi connectivity index (χ3n) is 3.78. The van der Waals surface area contributed by atoms with Gasteiger partial charge in [0.15, 0.2) is 0 Å². The molecule has 2 heterocycles. The molecule has 2 rings (SSSR count). The van der Waals surface area contributed by atoms with Crippen LogP contribution in [0.4, 0.5) is 0 Å². The van der Waals surface area contributed by atoms with Crippen molar-refractivity contribution in [1.29, 1.82) is 0 Å². The van der Waals surface area contributed by atoms with E-state index >= 15 is 0 Å². The van der Waals surface area contributed by atoms with Gasteiger partial charge in [0.2, 0.25) is 10.0 Å². The summed E-state index contributed by atoms with van der Waals surface area (Å²) in [6.07, 6.45) is 2.88. The normalized spacial score (nSPS) is 25.7. The summed E-state index contributed by atoms with van der Waals surface area (Å²) in [4.78, 5) is 0.864. The molecule has 108 valence electrons. The van der Waals surface area contributed by atoms with Crippen LogP contribution in [0.15, 0.2) is 10.3 Å². The van der Waals surface area contributed by atoms with E-state index in [-0.39, 0.29) is 18.7 Å². The molecule has 1 fully saturated rings. The standard InChI is InChI=1S/C13H21NO3S2/c1-9-8-18-12(7-15)13(9)19(16,17)14-10(2)5-4-6-11(14)3/h8,10-11,15H,4-7H2,1-3H3/t10-,11+. The summed E-state index contributed by atoms with van der Waals surface area (Å²) < 4.78 is 27.4. The molecule has 0 aromatic carbocycles. The molecule has 0 spiro atoms. The first kappa shape index (κ1) is 15.0. The van der Waals surface area contributed by atoms with Crippen LogP contribution in [0.1, 0.15) is 43.6 Å². The summed E-state index contributed by atoms with van der Waals surface area (Å²) in [6.45, 7) is 5.51. The van der Waals surface area contributed by atoms with Gasteiger partial charge in [0.05, 0.1) is 11.5 Å². The maximum absolute atomic E-state index is 12.9. The lowest BCUT2D eigenvalue weighted by Gasteiger charge is -2.37. The predicted octanol–water partition coefficient (Wildman–Crippen LogP) is 2.50. The smallest absolute Gasteiger partial charge is 0.245 e. The predicted molar refractivity (Wildman–Crippen MR) is 76.8 cm³/mol. The molecule has 0 aliphatic carbocycles. The molecule has 1 aliphatic heterocycles. The Hall–Kier alpha value is -0.430. The Morgan fingerprint density at radius 2 is 1.95 bits per heavy atom. The van der Waals surface area contributed by atoms with Gasteiger partial charge < -0.3 is 5.11 Å². The molecule has 1 aliphatic rings. The van der Waals surface area contributed by atoms with Crippen molar-refractivity contribution in [3.63, 3.8) is 0 Å². The van der Waals surface area contributed by atoms with Crippen molar-refractivity contribution in [3.05, 3.63) is 15.8 Å². The molecular formula is C13H21NO3S2. The van der Waals surface area contributed by atoms with E-state index in [1.54, 1.807) is 16.6 Å².